The number of likely N-dealkylation sites (tertiary alicyclic amines) is 1. The Morgan fingerprint density at radius 2 is 2.13 bits per heavy atom. The van der Waals surface area contributed by atoms with E-state index in [1.54, 1.807) is 25.3 Å². The molecule has 0 N–H and O–H groups in total. The fourth-order valence-corrected chi connectivity index (χ4v) is 3.01. The maximum absolute atomic E-state index is 12.9. The summed E-state index contributed by atoms with van der Waals surface area (Å²) < 4.78 is 6.84. The van der Waals surface area contributed by atoms with Gasteiger partial charge in [-0.2, -0.15) is 4.68 Å². The molecule has 1 aromatic heterocycles. The van der Waals surface area contributed by atoms with Crippen molar-refractivity contribution in [2.24, 2.45) is 5.92 Å². The van der Waals surface area contributed by atoms with Crippen molar-refractivity contribution in [1.82, 2.24) is 25.1 Å². The van der Waals surface area contributed by atoms with Crippen LogP contribution in [0.25, 0.3) is 5.69 Å². The summed E-state index contributed by atoms with van der Waals surface area (Å²) in [4.78, 5) is 14.9. The van der Waals surface area contributed by atoms with E-state index < -0.39 is 0 Å². The molecule has 0 spiro atoms. The van der Waals surface area contributed by atoms with Crippen molar-refractivity contribution < 1.29 is 9.53 Å². The number of amides is 1. The van der Waals surface area contributed by atoms with Crippen molar-refractivity contribution in [2.45, 2.75) is 32.7 Å². The predicted molar refractivity (Wildman–Crippen MR) is 84.6 cm³/mol. The molecule has 7 nitrogen and oxygen atoms in total. The van der Waals surface area contributed by atoms with Gasteiger partial charge in [0.1, 0.15) is 17.8 Å². The molecule has 0 radical (unpaired) electrons. The van der Waals surface area contributed by atoms with E-state index in [9.17, 15) is 4.79 Å². The third-order valence-electron chi connectivity index (χ3n) is 4.40. The molecule has 2 heterocycles. The number of tetrazole rings is 1. The lowest BCUT2D eigenvalue weighted by atomic mass is 9.94. The lowest BCUT2D eigenvalue weighted by Crippen LogP contribution is -2.44. The Balaban J connectivity index is 1.93. The standard InChI is InChI=1S/C16H21N5O2/c1-11-4-5-12(2)20(9-11)16(22)13-6-7-15(23-3)14(8-13)21-10-17-18-19-21/h6-8,10-12H,4-5,9H2,1-3H3/t11-,12+/m0/s1. The molecule has 0 saturated carbocycles. The third-order valence-corrected chi connectivity index (χ3v) is 4.40. The minimum absolute atomic E-state index is 0.0426. The smallest absolute Gasteiger partial charge is 0.254 e. The van der Waals surface area contributed by atoms with Crippen LogP contribution in [0.2, 0.25) is 0 Å². The van der Waals surface area contributed by atoms with Gasteiger partial charge in [-0.05, 0) is 54.3 Å². The maximum atomic E-state index is 12.9. The van der Waals surface area contributed by atoms with E-state index in [4.69, 9.17) is 4.74 Å². The molecule has 1 amide bonds. The van der Waals surface area contributed by atoms with Crippen molar-refractivity contribution in [3.63, 3.8) is 0 Å². The zero-order chi connectivity index (χ0) is 16.4. The number of aromatic nitrogens is 4. The molecule has 2 atom stereocenters. The molecule has 7 heteroatoms. The molecule has 1 saturated heterocycles. The first-order chi connectivity index (χ1) is 11.1. The first-order valence-electron chi connectivity index (χ1n) is 7.82. The lowest BCUT2D eigenvalue weighted by Gasteiger charge is -2.37. The van der Waals surface area contributed by atoms with Gasteiger partial charge in [-0.3, -0.25) is 4.79 Å². The van der Waals surface area contributed by atoms with Gasteiger partial charge in [0.15, 0.2) is 0 Å². The van der Waals surface area contributed by atoms with Crippen LogP contribution in [0.1, 0.15) is 37.0 Å². The highest BCUT2D eigenvalue weighted by Crippen LogP contribution is 2.27. The van der Waals surface area contributed by atoms with Crippen LogP contribution in [0.15, 0.2) is 24.5 Å². The Labute approximate surface area is 135 Å². The van der Waals surface area contributed by atoms with Crippen molar-refractivity contribution >= 4 is 5.91 Å². The van der Waals surface area contributed by atoms with Crippen LogP contribution >= 0.6 is 0 Å². The molecule has 1 aromatic carbocycles. The lowest BCUT2D eigenvalue weighted by molar-refractivity contribution is 0.0574. The first kappa shape index (κ1) is 15.5. The van der Waals surface area contributed by atoms with Crippen LogP contribution in [0.5, 0.6) is 5.75 Å². The van der Waals surface area contributed by atoms with E-state index in [2.05, 4.69) is 29.4 Å². The second-order valence-electron chi connectivity index (χ2n) is 6.13. The van der Waals surface area contributed by atoms with Crippen molar-refractivity contribution in [2.75, 3.05) is 13.7 Å². The van der Waals surface area contributed by atoms with Gasteiger partial charge < -0.3 is 9.64 Å². The van der Waals surface area contributed by atoms with E-state index in [-0.39, 0.29) is 11.9 Å². The molecule has 1 fully saturated rings. The van der Waals surface area contributed by atoms with Gasteiger partial charge in [0.05, 0.1) is 7.11 Å². The molecule has 23 heavy (non-hydrogen) atoms. The van der Waals surface area contributed by atoms with Gasteiger partial charge in [0.25, 0.3) is 5.91 Å². The van der Waals surface area contributed by atoms with Crippen LogP contribution in [0, 0.1) is 5.92 Å². The van der Waals surface area contributed by atoms with Crippen LogP contribution < -0.4 is 4.74 Å². The number of piperidine rings is 1. The number of methoxy groups -OCH3 is 1. The second-order valence-corrected chi connectivity index (χ2v) is 6.13. The van der Waals surface area contributed by atoms with Crippen molar-refractivity contribution in [3.05, 3.63) is 30.1 Å². The second kappa shape index (κ2) is 6.36. The van der Waals surface area contributed by atoms with Crippen LogP contribution in [0.3, 0.4) is 0 Å². The summed E-state index contributed by atoms with van der Waals surface area (Å²) in [5, 5.41) is 11.2. The zero-order valence-corrected chi connectivity index (χ0v) is 13.6. The van der Waals surface area contributed by atoms with Gasteiger partial charge in [-0.1, -0.05) is 6.92 Å². The average Bonchev–Trinajstić information content (AvgIpc) is 3.10. The predicted octanol–water partition coefficient (Wildman–Crippen LogP) is 1.93. The fraction of sp³-hybridized carbons (Fsp3) is 0.500. The zero-order valence-electron chi connectivity index (χ0n) is 13.6. The Morgan fingerprint density at radius 3 is 2.83 bits per heavy atom. The monoisotopic (exact) mass is 315 g/mol. The van der Waals surface area contributed by atoms with Gasteiger partial charge >= 0.3 is 0 Å². The number of carbonyl (C=O) groups is 1. The normalized spacial score (nSPS) is 21.3. The van der Waals surface area contributed by atoms with Crippen LogP contribution in [-0.2, 0) is 0 Å². The largest absolute Gasteiger partial charge is 0.494 e. The third kappa shape index (κ3) is 3.04. The Kier molecular flexibility index (Phi) is 4.27. The van der Waals surface area contributed by atoms with E-state index in [1.807, 2.05) is 4.90 Å². The van der Waals surface area contributed by atoms with Gasteiger partial charge in [-0.15, -0.1) is 5.10 Å². The Bertz CT molecular complexity index is 686. The van der Waals surface area contributed by atoms with Crippen LogP contribution in [0.4, 0.5) is 0 Å². The molecule has 0 unspecified atom stereocenters. The summed E-state index contributed by atoms with van der Waals surface area (Å²) in [7, 11) is 1.58. The number of nitrogens with zero attached hydrogens (tertiary/aromatic N) is 5. The molecule has 122 valence electrons. The minimum Gasteiger partial charge on any atom is -0.494 e. The fourth-order valence-electron chi connectivity index (χ4n) is 3.01. The van der Waals surface area contributed by atoms with Gasteiger partial charge in [0.2, 0.25) is 0 Å². The number of carbonyl (C=O) groups excluding carboxylic acids is 1. The van der Waals surface area contributed by atoms with Gasteiger partial charge in [0, 0.05) is 18.2 Å². The van der Waals surface area contributed by atoms with E-state index in [0.29, 0.717) is 22.9 Å². The first-order valence-corrected chi connectivity index (χ1v) is 7.82. The number of ether oxygens (including phenoxy) is 1. The SMILES string of the molecule is COc1ccc(C(=O)N2C[C@@H](C)CC[C@H]2C)cc1-n1cnnn1. The van der Waals surface area contributed by atoms with Crippen molar-refractivity contribution in [3.8, 4) is 11.4 Å². The summed E-state index contributed by atoms with van der Waals surface area (Å²) in [5.74, 6) is 1.20. The summed E-state index contributed by atoms with van der Waals surface area (Å²) in [5.41, 5.74) is 1.28. The summed E-state index contributed by atoms with van der Waals surface area (Å²) >= 11 is 0. The highest BCUT2D eigenvalue weighted by atomic mass is 16.5. The summed E-state index contributed by atoms with van der Waals surface area (Å²) in [6.45, 7) is 5.09. The molecular formula is C16H21N5O2. The molecule has 1 aliphatic heterocycles. The summed E-state index contributed by atoms with van der Waals surface area (Å²) in [6.07, 6.45) is 3.70. The summed E-state index contributed by atoms with van der Waals surface area (Å²) in [6, 6.07) is 5.62. The number of benzene rings is 1. The van der Waals surface area contributed by atoms with E-state index in [1.165, 1.54) is 17.4 Å². The minimum atomic E-state index is 0.0426. The van der Waals surface area contributed by atoms with E-state index in [0.717, 1.165) is 13.0 Å². The van der Waals surface area contributed by atoms with E-state index >= 15 is 0 Å². The quantitative estimate of drug-likeness (QED) is 0.865. The average molecular weight is 315 g/mol. The number of rotatable bonds is 3. The molecule has 3 rings (SSSR count). The van der Waals surface area contributed by atoms with Crippen LogP contribution in [-0.4, -0.2) is 50.7 Å². The van der Waals surface area contributed by atoms with Crippen molar-refractivity contribution in [1.29, 1.82) is 0 Å². The highest BCUT2D eigenvalue weighted by Gasteiger charge is 2.28. The topological polar surface area (TPSA) is 73.1 Å². The Morgan fingerprint density at radius 1 is 1.30 bits per heavy atom. The Hall–Kier alpha value is -2.44. The highest BCUT2D eigenvalue weighted by molar-refractivity contribution is 5.95. The molecule has 2 aromatic rings. The molecule has 0 aliphatic carbocycles. The molecule has 1 aliphatic rings. The maximum Gasteiger partial charge on any atom is 0.254 e. The van der Waals surface area contributed by atoms with Gasteiger partial charge in [-0.25, -0.2) is 0 Å². The molecule has 0 bridgehead atoms. The number of hydrogen-bond acceptors (Lipinski definition) is 5. The number of hydrogen-bond donors (Lipinski definition) is 0. The molecular weight excluding hydrogens is 294 g/mol.